The highest BCUT2D eigenvalue weighted by Gasteiger charge is 2.08. The Bertz CT molecular complexity index is 1560. The summed E-state index contributed by atoms with van der Waals surface area (Å²) in [5.74, 6) is 0.843. The summed E-state index contributed by atoms with van der Waals surface area (Å²) in [5, 5.41) is 5.71. The third-order valence-electron chi connectivity index (χ3n) is 11.9. The van der Waals surface area contributed by atoms with Crippen LogP contribution in [0, 0.1) is 0 Å². The lowest BCUT2D eigenvalue weighted by molar-refractivity contribution is -0.122. The second-order valence-electron chi connectivity index (χ2n) is 19.9. The summed E-state index contributed by atoms with van der Waals surface area (Å²) in [4.78, 5) is 23.4. The molecule has 0 aromatic rings. The molecule has 0 saturated carbocycles. The van der Waals surface area contributed by atoms with E-state index in [4.69, 9.17) is 118 Å². The van der Waals surface area contributed by atoms with Gasteiger partial charge in [-0.25, -0.2) is 0 Å². The van der Waals surface area contributed by atoms with E-state index >= 15 is 0 Å². The Morgan fingerprint density at radius 1 is 0.263 bits per heavy atom. The van der Waals surface area contributed by atoms with Crippen molar-refractivity contribution in [3.63, 3.8) is 0 Å². The lowest BCUT2D eigenvalue weighted by atomic mass is 10.2. The molecule has 0 rings (SSSR count). The first-order chi connectivity index (χ1) is 46.8. The standard InChI is InChI=1S/C62H125N2O28PS2/c1-93(67,94)92-11-6-4-3-5-9-63-61(65)7-12-68-14-16-70-18-20-72-22-24-74-26-28-76-30-32-78-34-36-80-38-40-82-42-44-84-46-48-86-50-52-88-54-56-90-58-59-91-57-55-89-53-51-87-49-47-85-45-43-83-41-39-81-37-35-79-33-31-77-29-27-75-25-23-73-21-19-71-17-15-69-13-10-64-62(66)8-60-95-2/h3-60H2,1-2H3,(H,63,65)(H,64,66)(H,67,94). The molecule has 0 fully saturated rings. The summed E-state index contributed by atoms with van der Waals surface area (Å²) in [6.45, 7) is 23.0. The topological polar surface area (TPSA) is 306 Å². The third kappa shape index (κ3) is 88.9. The van der Waals surface area contributed by atoms with E-state index in [9.17, 15) is 14.2 Å². The molecule has 1 unspecified atom stereocenters. The third-order valence-corrected chi connectivity index (χ3v) is 13.5. The first kappa shape index (κ1) is 93.9. The Morgan fingerprint density at radius 2 is 0.453 bits per heavy atom. The number of thiol groups is 1. The minimum Gasteiger partial charge on any atom is -0.379 e. The van der Waals surface area contributed by atoms with Crippen molar-refractivity contribution in [3.8, 4) is 0 Å². The van der Waals surface area contributed by atoms with Crippen LogP contribution in [0.5, 0.6) is 0 Å². The molecule has 0 bridgehead atoms. The van der Waals surface area contributed by atoms with Gasteiger partial charge in [-0.1, -0.05) is 25.1 Å². The van der Waals surface area contributed by atoms with Gasteiger partial charge in [0.2, 0.25) is 11.8 Å². The van der Waals surface area contributed by atoms with Crippen molar-refractivity contribution in [2.75, 3.05) is 356 Å². The van der Waals surface area contributed by atoms with Crippen LogP contribution >= 0.6 is 30.6 Å². The van der Waals surface area contributed by atoms with E-state index in [0.717, 1.165) is 31.4 Å². The van der Waals surface area contributed by atoms with Crippen LogP contribution in [-0.4, -0.2) is 367 Å². The number of unbranched alkanes of at least 4 members (excludes halogenated alkanes) is 3. The Hall–Kier alpha value is -1.13. The normalized spacial score (nSPS) is 12.3. The molecular formula is C62H125N2O28PS2. The number of rotatable bonds is 86. The predicted molar refractivity (Wildman–Crippen MR) is 360 cm³/mol. The second kappa shape index (κ2) is 83.5. The highest BCUT2D eigenvalue weighted by atomic mass is 32.7. The number of carbonyl (C=O) groups excluding carboxylic acids is 2. The fraction of sp³-hybridized carbons (Fsp3) is 0.968. The van der Waals surface area contributed by atoms with Gasteiger partial charge in [-0.2, -0.15) is 11.8 Å². The molecule has 95 heavy (non-hydrogen) atoms. The van der Waals surface area contributed by atoms with Crippen LogP contribution in [0.1, 0.15) is 38.5 Å². The zero-order valence-corrected chi connectivity index (χ0v) is 60.4. The van der Waals surface area contributed by atoms with Gasteiger partial charge in [-0.15, -0.1) is 0 Å². The van der Waals surface area contributed by atoms with Crippen LogP contribution < -0.4 is 10.6 Å². The van der Waals surface area contributed by atoms with E-state index in [0.29, 0.717) is 350 Å². The van der Waals surface area contributed by atoms with E-state index in [2.05, 4.69) is 22.9 Å². The van der Waals surface area contributed by atoms with Gasteiger partial charge < -0.3 is 129 Å². The molecule has 0 aromatic heterocycles. The summed E-state index contributed by atoms with van der Waals surface area (Å²) in [6, 6.07) is 0. The SMILES string of the molecule is CSCCC(=O)NCCOCCOCCOCCOCCOCCOCCOCCOCCOCCOCCOCCOCCOCCOCCOCCOCCOCCOCCOCCOCCOCCOCCOCCOCCC(=O)NCCCCCCOP(C)(=O)S. The lowest BCUT2D eigenvalue weighted by Crippen LogP contribution is -2.27. The smallest absolute Gasteiger partial charge is 0.251 e. The maximum Gasteiger partial charge on any atom is 0.251 e. The summed E-state index contributed by atoms with van der Waals surface area (Å²) < 4.78 is 149. The van der Waals surface area contributed by atoms with Crippen LogP contribution in [0.25, 0.3) is 0 Å². The lowest BCUT2D eigenvalue weighted by Gasteiger charge is -2.09. The summed E-state index contributed by atoms with van der Waals surface area (Å²) in [6.07, 6.45) is 6.45. The number of hydrogen-bond acceptors (Lipinski definition) is 29. The molecule has 2 amide bonds. The first-order valence-corrected chi connectivity index (χ1v) is 38.3. The van der Waals surface area contributed by atoms with Crippen LogP contribution in [-0.2, 0) is 132 Å². The number of nitrogens with one attached hydrogen (secondary N) is 2. The fourth-order valence-electron chi connectivity index (χ4n) is 7.00. The fourth-order valence-corrected chi connectivity index (χ4v) is 8.10. The van der Waals surface area contributed by atoms with Crippen molar-refractivity contribution >= 4 is 42.4 Å². The molecule has 568 valence electrons. The molecule has 0 aliphatic heterocycles. The Balaban J connectivity index is 3.12. The average Bonchev–Trinajstić information content (AvgIpc) is 3.65. The Morgan fingerprint density at radius 3 is 0.674 bits per heavy atom. The van der Waals surface area contributed by atoms with Crippen molar-refractivity contribution in [2.24, 2.45) is 0 Å². The van der Waals surface area contributed by atoms with E-state index in [-0.39, 0.29) is 11.8 Å². The van der Waals surface area contributed by atoms with Crippen molar-refractivity contribution in [2.45, 2.75) is 38.5 Å². The molecule has 0 saturated heterocycles. The van der Waals surface area contributed by atoms with Crippen LogP contribution in [0.4, 0.5) is 0 Å². The maximum absolute atomic E-state index is 11.9. The van der Waals surface area contributed by atoms with Crippen molar-refractivity contribution in [1.82, 2.24) is 10.6 Å². The van der Waals surface area contributed by atoms with Gasteiger partial charge in [0.25, 0.3) is 6.57 Å². The largest absolute Gasteiger partial charge is 0.379 e. The van der Waals surface area contributed by atoms with Crippen molar-refractivity contribution in [3.05, 3.63) is 0 Å². The molecule has 0 aliphatic carbocycles. The quantitative estimate of drug-likeness (QED) is 0.0448. The second-order valence-corrected chi connectivity index (χ2v) is 25.0. The Labute approximate surface area is 577 Å². The van der Waals surface area contributed by atoms with Gasteiger partial charge in [0.15, 0.2) is 0 Å². The average molecular weight is 1440 g/mol. The minimum absolute atomic E-state index is 0.0328. The molecular weight excluding hydrogens is 1320 g/mol. The van der Waals surface area contributed by atoms with Gasteiger partial charge in [-0.05, 0) is 19.1 Å². The van der Waals surface area contributed by atoms with Gasteiger partial charge in [-0.3, -0.25) is 14.2 Å². The molecule has 0 aliphatic rings. The molecule has 0 heterocycles. The van der Waals surface area contributed by atoms with Crippen molar-refractivity contribution in [1.29, 1.82) is 0 Å². The molecule has 1 atom stereocenters. The van der Waals surface area contributed by atoms with E-state index in [1.807, 2.05) is 6.26 Å². The van der Waals surface area contributed by atoms with Gasteiger partial charge in [0.05, 0.1) is 324 Å². The number of ether oxygens (including phenoxy) is 24. The number of thioether (sulfide) groups is 1. The maximum atomic E-state index is 11.9. The molecule has 2 N–H and O–H groups in total. The monoisotopic (exact) mass is 1440 g/mol. The predicted octanol–water partition coefficient (Wildman–Crippen LogP) is 3.09. The highest BCUT2D eigenvalue weighted by Crippen LogP contribution is 2.47. The zero-order valence-electron chi connectivity index (χ0n) is 57.7. The molecule has 0 aromatic carbocycles. The van der Waals surface area contributed by atoms with Gasteiger partial charge in [0, 0.05) is 38.3 Å². The molecule has 0 spiro atoms. The van der Waals surface area contributed by atoms with E-state index in [1.165, 1.54) is 6.66 Å². The number of hydrogen-bond donors (Lipinski definition) is 3. The van der Waals surface area contributed by atoms with E-state index in [1.54, 1.807) is 11.8 Å². The molecule has 30 nitrogen and oxygen atoms in total. The Kier molecular flexibility index (Phi) is 82.5. The van der Waals surface area contributed by atoms with Crippen molar-refractivity contribution < 1.29 is 132 Å². The zero-order chi connectivity index (χ0) is 68.5. The summed E-state index contributed by atoms with van der Waals surface area (Å²) >= 11 is 5.55. The van der Waals surface area contributed by atoms with Crippen LogP contribution in [0.3, 0.4) is 0 Å². The van der Waals surface area contributed by atoms with Gasteiger partial charge in [0.1, 0.15) is 0 Å². The van der Waals surface area contributed by atoms with E-state index < -0.39 is 6.57 Å². The van der Waals surface area contributed by atoms with Crippen LogP contribution in [0.15, 0.2) is 0 Å². The summed E-state index contributed by atoms with van der Waals surface area (Å²) in [7, 11) is 0. The molecule has 33 heteroatoms. The molecule has 0 radical (unpaired) electrons. The minimum atomic E-state index is -2.70. The number of amides is 2. The first-order valence-electron chi connectivity index (χ1n) is 33.7. The van der Waals surface area contributed by atoms with Crippen LogP contribution in [0.2, 0.25) is 0 Å². The number of carbonyl (C=O) groups is 2. The highest BCUT2D eigenvalue weighted by molar-refractivity contribution is 8.46. The summed E-state index contributed by atoms with van der Waals surface area (Å²) in [5.41, 5.74) is 0. The van der Waals surface area contributed by atoms with Gasteiger partial charge >= 0.3 is 0 Å².